The highest BCUT2D eigenvalue weighted by atomic mass is 28.4. The number of esters is 1. The van der Waals surface area contributed by atoms with E-state index in [2.05, 4.69) is 70.0 Å². The van der Waals surface area contributed by atoms with E-state index in [-0.39, 0.29) is 41.0 Å². The Kier molecular flexibility index (Phi) is 9.71. The highest BCUT2D eigenvalue weighted by molar-refractivity contribution is 6.74. The number of methoxy groups -OCH3 is 1. The SMILES string of the molecule is CC#CC[C@H](C)[C@H](O)/C=C/[C@@H]1[C@H]2c3cccc(CCCC(=O)OC)c3O[C@H]2C[C@H]1O[Si](C)(C)C(C)(C)C. The van der Waals surface area contributed by atoms with Gasteiger partial charge >= 0.3 is 5.97 Å². The number of para-hydroxylation sites is 1. The highest BCUT2D eigenvalue weighted by Crippen LogP contribution is 2.54. The summed E-state index contributed by atoms with van der Waals surface area (Å²) >= 11 is 0. The maximum absolute atomic E-state index is 11.6. The van der Waals surface area contributed by atoms with Gasteiger partial charge in [-0.3, -0.25) is 4.79 Å². The first-order valence-corrected chi connectivity index (χ1v) is 16.6. The van der Waals surface area contributed by atoms with Gasteiger partial charge in [-0.05, 0) is 49.4 Å². The van der Waals surface area contributed by atoms with Crippen LogP contribution < -0.4 is 4.74 Å². The Morgan fingerprint density at radius 3 is 2.70 bits per heavy atom. The van der Waals surface area contributed by atoms with Crippen LogP contribution in [0.3, 0.4) is 0 Å². The van der Waals surface area contributed by atoms with E-state index in [1.54, 1.807) is 0 Å². The van der Waals surface area contributed by atoms with E-state index in [9.17, 15) is 9.90 Å². The van der Waals surface area contributed by atoms with Gasteiger partial charge in [0.05, 0.1) is 19.3 Å². The molecule has 1 aliphatic heterocycles. The zero-order valence-corrected chi connectivity index (χ0v) is 25.0. The number of carbonyl (C=O) groups excluding carboxylic acids is 1. The Morgan fingerprint density at radius 2 is 2.05 bits per heavy atom. The van der Waals surface area contributed by atoms with Crippen molar-refractivity contribution in [3.8, 4) is 17.6 Å². The van der Waals surface area contributed by atoms with Crippen molar-refractivity contribution in [3.63, 3.8) is 0 Å². The maximum atomic E-state index is 11.6. The number of carbonyl (C=O) groups is 1. The maximum Gasteiger partial charge on any atom is 0.305 e. The van der Waals surface area contributed by atoms with Crippen molar-refractivity contribution in [2.24, 2.45) is 11.8 Å². The first-order chi connectivity index (χ1) is 17.4. The van der Waals surface area contributed by atoms with Gasteiger partial charge in [0.2, 0.25) is 0 Å². The molecule has 1 aromatic carbocycles. The summed E-state index contributed by atoms with van der Waals surface area (Å²) in [6.45, 7) is 15.3. The third-order valence-corrected chi connectivity index (χ3v) is 13.0. The van der Waals surface area contributed by atoms with Crippen molar-refractivity contribution in [1.82, 2.24) is 0 Å². The van der Waals surface area contributed by atoms with Gasteiger partial charge in [0, 0.05) is 36.7 Å². The van der Waals surface area contributed by atoms with Crippen LogP contribution in [0.1, 0.15) is 77.3 Å². The fourth-order valence-electron chi connectivity index (χ4n) is 5.17. The molecule has 0 unspecified atom stereocenters. The predicted molar refractivity (Wildman–Crippen MR) is 151 cm³/mol. The van der Waals surface area contributed by atoms with Crippen molar-refractivity contribution < 1.29 is 23.8 Å². The number of aliphatic hydroxyl groups is 1. The van der Waals surface area contributed by atoms with Crippen molar-refractivity contribution in [3.05, 3.63) is 41.5 Å². The van der Waals surface area contributed by atoms with Crippen molar-refractivity contribution in [2.75, 3.05) is 7.11 Å². The van der Waals surface area contributed by atoms with Gasteiger partial charge in [0.25, 0.3) is 0 Å². The molecule has 1 aliphatic carbocycles. The molecule has 0 radical (unpaired) electrons. The summed E-state index contributed by atoms with van der Waals surface area (Å²) in [5.74, 6) is 7.16. The van der Waals surface area contributed by atoms with Crippen molar-refractivity contribution in [2.45, 2.75) is 109 Å². The monoisotopic (exact) mass is 526 g/mol. The number of rotatable bonds is 10. The van der Waals surface area contributed by atoms with E-state index >= 15 is 0 Å². The molecule has 1 fully saturated rings. The zero-order valence-electron chi connectivity index (χ0n) is 24.0. The topological polar surface area (TPSA) is 65.0 Å². The highest BCUT2D eigenvalue weighted by Gasteiger charge is 2.52. The van der Waals surface area contributed by atoms with Crippen LogP contribution >= 0.6 is 0 Å². The van der Waals surface area contributed by atoms with Gasteiger partial charge in [-0.1, -0.05) is 58.0 Å². The van der Waals surface area contributed by atoms with Gasteiger partial charge in [-0.25, -0.2) is 0 Å². The van der Waals surface area contributed by atoms with Gasteiger partial charge < -0.3 is 19.0 Å². The van der Waals surface area contributed by atoms with Gasteiger partial charge in [0.15, 0.2) is 8.32 Å². The van der Waals surface area contributed by atoms with Crippen molar-refractivity contribution in [1.29, 1.82) is 0 Å². The molecule has 6 atom stereocenters. The van der Waals surface area contributed by atoms with E-state index in [0.717, 1.165) is 30.6 Å². The standard InChI is InChI=1S/C31H46O5Si/c1-9-10-13-21(2)25(32)19-18-23-26(36-37(7,8)31(3,4)5)20-27-29(23)24-16-11-14-22(30(24)35-27)15-12-17-28(33)34-6/h11,14,16,18-19,21,23,25-27,29,32H,12-13,15,17,20H2,1-8H3/b19-18+/t21-,23-,25+,26+,27-,29-/m0/s1. The summed E-state index contributed by atoms with van der Waals surface area (Å²) < 4.78 is 18.4. The van der Waals surface area contributed by atoms with Crippen LogP contribution in [0, 0.1) is 23.7 Å². The van der Waals surface area contributed by atoms with E-state index < -0.39 is 14.4 Å². The molecule has 5 nitrogen and oxygen atoms in total. The second kappa shape index (κ2) is 12.2. The molecule has 2 aliphatic rings. The van der Waals surface area contributed by atoms with Crippen LogP contribution in [0.2, 0.25) is 18.1 Å². The molecule has 1 aromatic rings. The summed E-state index contributed by atoms with van der Waals surface area (Å²) in [7, 11) is -0.576. The number of ether oxygens (including phenoxy) is 2. The third-order valence-electron chi connectivity index (χ3n) is 8.49. The number of fused-ring (bicyclic) bond motifs is 3. The summed E-state index contributed by atoms with van der Waals surface area (Å²) in [6, 6.07) is 6.38. The lowest BCUT2D eigenvalue weighted by molar-refractivity contribution is -0.140. The number of benzene rings is 1. The molecule has 0 saturated heterocycles. The lowest BCUT2D eigenvalue weighted by Crippen LogP contribution is -2.45. The minimum atomic E-state index is -2.00. The molecule has 1 N–H and O–H groups in total. The zero-order chi connectivity index (χ0) is 27.4. The average molecular weight is 527 g/mol. The molecule has 0 bridgehead atoms. The first kappa shape index (κ1) is 29.5. The minimum absolute atomic E-state index is 0.0428. The van der Waals surface area contributed by atoms with E-state index in [4.69, 9.17) is 13.9 Å². The number of aliphatic hydroxyl groups excluding tert-OH is 1. The van der Waals surface area contributed by atoms with Crippen LogP contribution in [0.4, 0.5) is 0 Å². The van der Waals surface area contributed by atoms with Crippen LogP contribution in [-0.2, 0) is 20.4 Å². The second-order valence-electron chi connectivity index (χ2n) is 12.2. The summed E-state index contributed by atoms with van der Waals surface area (Å²) in [5, 5.41) is 10.9. The summed E-state index contributed by atoms with van der Waals surface area (Å²) in [4.78, 5) is 11.6. The van der Waals surface area contributed by atoms with Gasteiger partial charge in [-0.15, -0.1) is 11.8 Å². The Labute approximate surface area is 225 Å². The Bertz CT molecular complexity index is 1030. The molecule has 0 amide bonds. The molecule has 3 rings (SSSR count). The fraction of sp³-hybridized carbons (Fsp3) is 0.645. The molecular formula is C31H46O5Si. The molecule has 0 aromatic heterocycles. The summed E-state index contributed by atoms with van der Waals surface area (Å²) in [6.07, 6.45) is 7.07. The fourth-order valence-corrected chi connectivity index (χ4v) is 6.53. The Balaban J connectivity index is 1.88. The number of hydrogen-bond acceptors (Lipinski definition) is 5. The average Bonchev–Trinajstić information content (AvgIpc) is 3.35. The molecule has 6 heteroatoms. The molecule has 204 valence electrons. The van der Waals surface area contributed by atoms with Crippen molar-refractivity contribution >= 4 is 14.3 Å². The van der Waals surface area contributed by atoms with Gasteiger partial charge in [0.1, 0.15) is 11.9 Å². The largest absolute Gasteiger partial charge is 0.489 e. The Morgan fingerprint density at radius 1 is 1.32 bits per heavy atom. The normalized spacial score (nSPS) is 24.6. The minimum Gasteiger partial charge on any atom is -0.489 e. The molecule has 37 heavy (non-hydrogen) atoms. The van der Waals surface area contributed by atoms with Crippen LogP contribution in [0.5, 0.6) is 5.75 Å². The summed E-state index contributed by atoms with van der Waals surface area (Å²) in [5.41, 5.74) is 2.36. The molecule has 1 heterocycles. The van der Waals surface area contributed by atoms with Crippen LogP contribution in [-0.4, -0.2) is 44.8 Å². The molecular weight excluding hydrogens is 480 g/mol. The van der Waals surface area contributed by atoms with Crippen LogP contribution in [0.25, 0.3) is 0 Å². The van der Waals surface area contributed by atoms with E-state index in [0.29, 0.717) is 12.8 Å². The lowest BCUT2D eigenvalue weighted by atomic mass is 9.86. The van der Waals surface area contributed by atoms with Crippen LogP contribution in [0.15, 0.2) is 30.4 Å². The molecule has 0 spiro atoms. The first-order valence-electron chi connectivity index (χ1n) is 13.7. The third kappa shape index (κ3) is 6.87. The quantitative estimate of drug-likeness (QED) is 0.165. The Hall–Kier alpha value is -2.07. The molecule has 1 saturated carbocycles. The second-order valence-corrected chi connectivity index (χ2v) is 16.9. The number of hydrogen-bond donors (Lipinski definition) is 1. The smallest absolute Gasteiger partial charge is 0.305 e. The number of aryl methyl sites for hydroxylation is 1. The lowest BCUT2D eigenvalue weighted by Gasteiger charge is -2.40. The van der Waals surface area contributed by atoms with Gasteiger partial charge in [-0.2, -0.15) is 0 Å². The predicted octanol–water partition coefficient (Wildman–Crippen LogP) is 6.40. The van der Waals surface area contributed by atoms with E-state index in [1.807, 2.05) is 19.9 Å². The van der Waals surface area contributed by atoms with E-state index in [1.165, 1.54) is 12.7 Å².